The molecule has 1 aromatic carbocycles. The quantitative estimate of drug-likeness (QED) is 0.785. The molecule has 0 unspecified atom stereocenters. The highest BCUT2D eigenvalue weighted by Gasteiger charge is 2.13. The maximum atomic E-state index is 12.0. The van der Waals surface area contributed by atoms with E-state index in [4.69, 9.17) is 18.0 Å². The van der Waals surface area contributed by atoms with Crippen molar-refractivity contribution in [2.24, 2.45) is 0 Å². The third kappa shape index (κ3) is 3.26. The second kappa shape index (κ2) is 5.93. The van der Waals surface area contributed by atoms with Crippen molar-refractivity contribution in [2.75, 3.05) is 13.1 Å². The van der Waals surface area contributed by atoms with E-state index in [9.17, 15) is 4.79 Å². The van der Waals surface area contributed by atoms with Gasteiger partial charge in [-0.15, -0.1) is 6.42 Å². The number of halogens is 2. The summed E-state index contributed by atoms with van der Waals surface area (Å²) in [5.74, 6) is 2.35. The highest BCUT2D eigenvalue weighted by Crippen LogP contribution is 2.20. The number of carbonyl (C=O) groups excluding carboxylic acids is 1. The third-order valence-electron chi connectivity index (χ3n) is 2.06. The predicted molar refractivity (Wildman–Crippen MR) is 69.6 cm³/mol. The molecule has 4 heteroatoms. The lowest BCUT2D eigenvalue weighted by atomic mass is 10.2. The summed E-state index contributed by atoms with van der Waals surface area (Å²) in [6.45, 7) is 2.77. The van der Waals surface area contributed by atoms with Crippen LogP contribution in [-0.2, 0) is 0 Å². The van der Waals surface area contributed by atoms with Gasteiger partial charge < -0.3 is 4.90 Å². The molecule has 0 aliphatic rings. The summed E-state index contributed by atoms with van der Waals surface area (Å²) in [4.78, 5) is 13.6. The molecule has 16 heavy (non-hydrogen) atoms. The molecular weight excluding hydrogens is 289 g/mol. The summed E-state index contributed by atoms with van der Waals surface area (Å²) < 4.78 is 0.778. The van der Waals surface area contributed by atoms with Crippen molar-refractivity contribution in [3.8, 4) is 12.3 Å². The maximum Gasteiger partial charge on any atom is 0.254 e. The van der Waals surface area contributed by atoms with E-state index in [1.807, 2.05) is 6.92 Å². The predicted octanol–water partition coefficient (Wildman–Crippen LogP) is 3.20. The summed E-state index contributed by atoms with van der Waals surface area (Å²) in [7, 11) is 0. The highest BCUT2D eigenvalue weighted by atomic mass is 79.9. The zero-order valence-electron chi connectivity index (χ0n) is 8.84. The van der Waals surface area contributed by atoms with Crippen LogP contribution in [0.3, 0.4) is 0 Å². The first kappa shape index (κ1) is 13.1. The van der Waals surface area contributed by atoms with E-state index < -0.39 is 0 Å². The minimum Gasteiger partial charge on any atom is -0.328 e. The second-order valence-electron chi connectivity index (χ2n) is 3.18. The molecule has 0 aliphatic heterocycles. The molecule has 0 aliphatic carbocycles. The Balaban J connectivity index is 2.99. The average molecular weight is 301 g/mol. The Labute approximate surface area is 109 Å². The van der Waals surface area contributed by atoms with E-state index in [1.165, 1.54) is 0 Å². The average Bonchev–Trinajstić information content (AvgIpc) is 2.23. The standard InChI is InChI=1S/C12H11BrClNO/c1-3-5-15(4-2)12(16)9-6-10(13)8-11(14)7-9/h1,6-8H,4-5H2,2H3. The minimum atomic E-state index is -0.108. The number of carbonyl (C=O) groups is 1. The van der Waals surface area contributed by atoms with Crippen molar-refractivity contribution in [3.63, 3.8) is 0 Å². The summed E-state index contributed by atoms with van der Waals surface area (Å²) in [5.41, 5.74) is 0.538. The fourth-order valence-electron chi connectivity index (χ4n) is 1.30. The molecule has 2 nitrogen and oxygen atoms in total. The van der Waals surface area contributed by atoms with Gasteiger partial charge in [0, 0.05) is 21.6 Å². The molecule has 0 heterocycles. The monoisotopic (exact) mass is 299 g/mol. The third-order valence-corrected chi connectivity index (χ3v) is 2.74. The van der Waals surface area contributed by atoms with Crippen molar-refractivity contribution in [1.29, 1.82) is 0 Å². The van der Waals surface area contributed by atoms with Crippen LogP contribution in [0.25, 0.3) is 0 Å². The van der Waals surface area contributed by atoms with Gasteiger partial charge in [0.15, 0.2) is 0 Å². The van der Waals surface area contributed by atoms with Crippen molar-refractivity contribution < 1.29 is 4.79 Å². The molecule has 0 bridgehead atoms. The zero-order chi connectivity index (χ0) is 12.1. The largest absolute Gasteiger partial charge is 0.328 e. The van der Waals surface area contributed by atoms with Crippen LogP contribution in [0.5, 0.6) is 0 Å². The minimum absolute atomic E-state index is 0.108. The van der Waals surface area contributed by atoms with Crippen molar-refractivity contribution in [3.05, 3.63) is 33.3 Å². The van der Waals surface area contributed by atoms with Crippen molar-refractivity contribution in [2.45, 2.75) is 6.92 Å². The summed E-state index contributed by atoms with van der Waals surface area (Å²) in [5, 5.41) is 0.523. The van der Waals surface area contributed by atoms with Gasteiger partial charge in [-0.2, -0.15) is 0 Å². The topological polar surface area (TPSA) is 20.3 Å². The van der Waals surface area contributed by atoms with Gasteiger partial charge in [-0.3, -0.25) is 4.79 Å². The number of amides is 1. The van der Waals surface area contributed by atoms with E-state index >= 15 is 0 Å². The first-order valence-corrected chi connectivity index (χ1v) is 5.94. The number of benzene rings is 1. The lowest BCUT2D eigenvalue weighted by Crippen LogP contribution is -2.31. The molecule has 0 spiro atoms. The van der Waals surface area contributed by atoms with E-state index in [0.29, 0.717) is 23.7 Å². The molecule has 0 saturated heterocycles. The number of rotatable bonds is 3. The molecule has 84 valence electrons. The molecule has 0 aromatic heterocycles. The molecule has 1 aromatic rings. The number of terminal acetylenes is 1. The van der Waals surface area contributed by atoms with E-state index in [1.54, 1.807) is 23.1 Å². The number of hydrogen-bond donors (Lipinski definition) is 0. The van der Waals surface area contributed by atoms with Gasteiger partial charge in [-0.1, -0.05) is 33.5 Å². The number of hydrogen-bond acceptors (Lipinski definition) is 1. The Kier molecular flexibility index (Phi) is 4.85. The zero-order valence-corrected chi connectivity index (χ0v) is 11.2. The van der Waals surface area contributed by atoms with Crippen LogP contribution >= 0.6 is 27.5 Å². The van der Waals surface area contributed by atoms with Crippen molar-refractivity contribution in [1.82, 2.24) is 4.90 Å². The molecule has 0 atom stereocenters. The smallest absolute Gasteiger partial charge is 0.254 e. The highest BCUT2D eigenvalue weighted by molar-refractivity contribution is 9.10. The second-order valence-corrected chi connectivity index (χ2v) is 4.53. The molecule has 0 saturated carbocycles. The van der Waals surface area contributed by atoms with Crippen LogP contribution in [0.15, 0.2) is 22.7 Å². The van der Waals surface area contributed by atoms with Crippen molar-refractivity contribution >= 4 is 33.4 Å². The molecular formula is C12H11BrClNO. The Morgan fingerprint density at radius 1 is 1.56 bits per heavy atom. The van der Waals surface area contributed by atoms with Gasteiger partial charge in [0.2, 0.25) is 0 Å². The van der Waals surface area contributed by atoms with Crippen LogP contribution in [0.1, 0.15) is 17.3 Å². The Hall–Kier alpha value is -0.980. The molecule has 0 N–H and O–H groups in total. The van der Waals surface area contributed by atoms with E-state index in [2.05, 4.69) is 21.9 Å². The Morgan fingerprint density at radius 3 is 2.75 bits per heavy atom. The SMILES string of the molecule is C#CCN(CC)C(=O)c1cc(Cl)cc(Br)c1. The van der Waals surface area contributed by atoms with Crippen LogP contribution in [0.2, 0.25) is 5.02 Å². The van der Waals surface area contributed by atoms with Crippen LogP contribution in [0, 0.1) is 12.3 Å². The first-order chi connectivity index (χ1) is 7.58. The molecule has 1 rings (SSSR count). The number of nitrogens with zero attached hydrogens (tertiary/aromatic N) is 1. The summed E-state index contributed by atoms with van der Waals surface area (Å²) in [6.07, 6.45) is 5.20. The van der Waals surface area contributed by atoms with Gasteiger partial charge in [0.05, 0.1) is 6.54 Å². The Morgan fingerprint density at radius 2 is 2.25 bits per heavy atom. The lowest BCUT2D eigenvalue weighted by molar-refractivity contribution is 0.0785. The summed E-state index contributed by atoms with van der Waals surface area (Å²) in [6, 6.07) is 5.09. The van der Waals surface area contributed by atoms with E-state index in [-0.39, 0.29) is 5.91 Å². The summed E-state index contributed by atoms with van der Waals surface area (Å²) >= 11 is 9.17. The van der Waals surface area contributed by atoms with Gasteiger partial charge in [0.25, 0.3) is 5.91 Å². The van der Waals surface area contributed by atoms with Gasteiger partial charge in [0.1, 0.15) is 0 Å². The lowest BCUT2D eigenvalue weighted by Gasteiger charge is -2.18. The first-order valence-electron chi connectivity index (χ1n) is 4.77. The van der Waals surface area contributed by atoms with Gasteiger partial charge in [-0.05, 0) is 25.1 Å². The van der Waals surface area contributed by atoms with Crippen LogP contribution in [0.4, 0.5) is 0 Å². The molecule has 0 radical (unpaired) electrons. The Bertz CT molecular complexity index is 419. The van der Waals surface area contributed by atoms with Gasteiger partial charge >= 0.3 is 0 Å². The normalized spacial score (nSPS) is 9.62. The van der Waals surface area contributed by atoms with E-state index in [0.717, 1.165) is 4.47 Å². The molecule has 0 fully saturated rings. The van der Waals surface area contributed by atoms with Crippen LogP contribution in [-0.4, -0.2) is 23.9 Å². The maximum absolute atomic E-state index is 12.0. The van der Waals surface area contributed by atoms with Crippen LogP contribution < -0.4 is 0 Å². The fourth-order valence-corrected chi connectivity index (χ4v) is 2.16. The van der Waals surface area contributed by atoms with Gasteiger partial charge in [-0.25, -0.2) is 0 Å². The molecule has 1 amide bonds. The fraction of sp³-hybridized carbons (Fsp3) is 0.250.